The summed E-state index contributed by atoms with van der Waals surface area (Å²) in [6.45, 7) is 17.3. The molecule has 302 valence electrons. The van der Waals surface area contributed by atoms with E-state index in [-0.39, 0.29) is 43.4 Å². The molecule has 3 atom stereocenters. The standard InChI is InChI=1S/C42H60N2O9SSi/c1-30(19-20-31-15-12-11-13-16-31)35(52-39(48)42(5,6)54-37(46)25-26-43-40(49)53-41(2,3)4)17-14-18-36(45)44-34(38(47)51-27-28-55(8,9)10)29-32-21-23-33(50-7)24-22-32/h11-16,18-24,30,34-35H,17,25-29H2,1-10H3,(H,43,49)(H,44,45)/b18-14+,20-19+/t30-,34-,35+/m1/s1. The molecule has 0 saturated carbocycles. The van der Waals surface area contributed by atoms with Crippen molar-refractivity contribution < 1.29 is 42.9 Å². The van der Waals surface area contributed by atoms with Crippen molar-refractivity contribution in [1.29, 1.82) is 0 Å². The number of ether oxygens (including phenoxy) is 4. The van der Waals surface area contributed by atoms with E-state index in [2.05, 4.69) is 30.3 Å². The number of carbonyl (C=O) groups excluding carboxylic acids is 5. The molecule has 2 aromatic carbocycles. The third kappa shape index (κ3) is 19.7. The lowest BCUT2D eigenvalue weighted by Gasteiger charge is -2.27. The van der Waals surface area contributed by atoms with Gasteiger partial charge in [-0.05, 0) is 70.0 Å². The molecule has 11 nitrogen and oxygen atoms in total. The van der Waals surface area contributed by atoms with Gasteiger partial charge in [0.15, 0.2) is 5.12 Å². The molecule has 0 unspecified atom stereocenters. The number of benzene rings is 2. The minimum Gasteiger partial charge on any atom is -0.497 e. The number of alkyl carbamates (subject to hydrolysis) is 1. The summed E-state index contributed by atoms with van der Waals surface area (Å²) < 4.78 is 20.8. The van der Waals surface area contributed by atoms with Crippen LogP contribution in [-0.2, 0) is 39.8 Å². The summed E-state index contributed by atoms with van der Waals surface area (Å²) in [5.41, 5.74) is 1.12. The minimum absolute atomic E-state index is 0.0105. The van der Waals surface area contributed by atoms with Crippen LogP contribution in [0.5, 0.6) is 5.75 Å². The molecule has 0 saturated heterocycles. The number of thioether (sulfide) groups is 1. The monoisotopic (exact) mass is 796 g/mol. The third-order valence-electron chi connectivity index (χ3n) is 8.03. The number of amides is 2. The minimum atomic E-state index is -1.45. The average molecular weight is 797 g/mol. The SMILES string of the molecule is COc1ccc(C[C@@H](NC(=O)/C=C/C[C@H](OC(=O)C(C)(C)SC(=O)CCNC(=O)OC(C)(C)C)[C@H](C)/C=C/c2ccccc2)C(=O)OCC[Si](C)(C)C)cc1. The van der Waals surface area contributed by atoms with Crippen LogP contribution in [0.25, 0.3) is 6.08 Å². The average Bonchev–Trinajstić information content (AvgIpc) is 3.09. The van der Waals surface area contributed by atoms with E-state index in [0.717, 1.165) is 28.9 Å². The molecule has 0 bridgehead atoms. The molecule has 2 N–H and O–H groups in total. The number of hydrogen-bond acceptors (Lipinski definition) is 10. The van der Waals surface area contributed by atoms with Crippen LogP contribution in [-0.4, -0.2) is 79.9 Å². The van der Waals surface area contributed by atoms with Gasteiger partial charge in [-0.25, -0.2) is 9.59 Å². The highest BCUT2D eigenvalue weighted by atomic mass is 32.2. The Balaban J connectivity index is 2.16. The van der Waals surface area contributed by atoms with E-state index < -0.39 is 54.5 Å². The van der Waals surface area contributed by atoms with Gasteiger partial charge in [0.05, 0.1) is 13.7 Å². The molecule has 0 aromatic heterocycles. The van der Waals surface area contributed by atoms with E-state index in [1.807, 2.05) is 61.5 Å². The summed E-state index contributed by atoms with van der Waals surface area (Å²) in [5.74, 6) is -1.23. The molecule has 0 spiro atoms. The van der Waals surface area contributed by atoms with Crippen LogP contribution < -0.4 is 15.4 Å². The first-order valence-corrected chi connectivity index (χ1v) is 23.1. The van der Waals surface area contributed by atoms with Gasteiger partial charge < -0.3 is 29.6 Å². The van der Waals surface area contributed by atoms with Gasteiger partial charge in [0.25, 0.3) is 0 Å². The molecule has 0 aliphatic heterocycles. The maximum atomic E-state index is 13.5. The predicted octanol–water partition coefficient (Wildman–Crippen LogP) is 7.76. The molecular weight excluding hydrogens is 737 g/mol. The Bertz CT molecular complexity index is 1610. The van der Waals surface area contributed by atoms with Crippen molar-refractivity contribution in [2.75, 3.05) is 20.3 Å². The van der Waals surface area contributed by atoms with Crippen LogP contribution in [0.4, 0.5) is 4.79 Å². The smallest absolute Gasteiger partial charge is 0.407 e. The second-order valence-electron chi connectivity index (χ2n) is 16.0. The van der Waals surface area contributed by atoms with Crippen molar-refractivity contribution in [1.82, 2.24) is 10.6 Å². The van der Waals surface area contributed by atoms with Crippen molar-refractivity contribution in [3.63, 3.8) is 0 Å². The van der Waals surface area contributed by atoms with Crippen molar-refractivity contribution in [3.8, 4) is 5.75 Å². The second-order valence-corrected chi connectivity index (χ2v) is 23.3. The Morgan fingerprint density at radius 3 is 2.18 bits per heavy atom. The van der Waals surface area contributed by atoms with Gasteiger partial charge in [-0.2, -0.15) is 0 Å². The van der Waals surface area contributed by atoms with Gasteiger partial charge in [0.1, 0.15) is 28.2 Å². The van der Waals surface area contributed by atoms with Crippen LogP contribution in [0.2, 0.25) is 25.7 Å². The zero-order chi connectivity index (χ0) is 41.2. The molecule has 2 rings (SSSR count). The van der Waals surface area contributed by atoms with Crippen molar-refractivity contribution in [3.05, 3.63) is 84.0 Å². The van der Waals surface area contributed by atoms with E-state index in [1.165, 1.54) is 6.08 Å². The third-order valence-corrected chi connectivity index (χ3v) is 10.8. The fourth-order valence-corrected chi connectivity index (χ4v) is 6.46. The first kappa shape index (κ1) is 46.8. The molecule has 2 aromatic rings. The number of nitrogens with one attached hydrogen (secondary N) is 2. The van der Waals surface area contributed by atoms with Gasteiger partial charge in [0, 0.05) is 39.8 Å². The quantitative estimate of drug-likeness (QED) is 0.0590. The van der Waals surface area contributed by atoms with E-state index in [0.29, 0.717) is 5.75 Å². The lowest BCUT2D eigenvalue weighted by Crippen LogP contribution is -2.43. The fraction of sp³-hybridized carbons (Fsp3) is 0.500. The molecule has 0 heterocycles. The Morgan fingerprint density at radius 2 is 1.58 bits per heavy atom. The number of hydrogen-bond donors (Lipinski definition) is 2. The largest absolute Gasteiger partial charge is 0.497 e. The molecule has 0 fully saturated rings. The topological polar surface area (TPSA) is 146 Å². The van der Waals surface area contributed by atoms with Crippen LogP contribution >= 0.6 is 11.8 Å². The molecule has 0 aliphatic carbocycles. The van der Waals surface area contributed by atoms with E-state index in [4.69, 9.17) is 18.9 Å². The normalized spacial score (nSPS) is 13.8. The fourth-order valence-electron chi connectivity index (χ4n) is 4.84. The summed E-state index contributed by atoms with van der Waals surface area (Å²) in [6.07, 6.45) is 5.86. The van der Waals surface area contributed by atoms with E-state index in [9.17, 15) is 24.0 Å². The Hall–Kier alpha value is -4.36. The first-order chi connectivity index (χ1) is 25.7. The Labute approximate surface area is 332 Å². The number of methoxy groups -OCH3 is 1. The Kier molecular flexibility index (Phi) is 18.9. The molecule has 0 radical (unpaired) electrons. The highest BCUT2D eigenvalue weighted by molar-refractivity contribution is 8.15. The van der Waals surface area contributed by atoms with Crippen LogP contribution in [0, 0.1) is 5.92 Å². The highest BCUT2D eigenvalue weighted by Crippen LogP contribution is 2.30. The van der Waals surface area contributed by atoms with E-state index in [1.54, 1.807) is 59.9 Å². The van der Waals surface area contributed by atoms with Crippen molar-refractivity contribution in [2.45, 2.75) is 109 Å². The number of esters is 2. The van der Waals surface area contributed by atoms with Crippen molar-refractivity contribution in [2.24, 2.45) is 5.92 Å². The van der Waals surface area contributed by atoms with Gasteiger partial charge in [-0.1, -0.05) is 99.0 Å². The van der Waals surface area contributed by atoms with Crippen LogP contribution in [0.1, 0.15) is 65.5 Å². The van der Waals surface area contributed by atoms with Crippen LogP contribution in [0.3, 0.4) is 0 Å². The summed E-state index contributed by atoms with van der Waals surface area (Å²) in [5, 5.41) is 5.05. The molecule has 13 heteroatoms. The van der Waals surface area contributed by atoms with Gasteiger partial charge in [-0.15, -0.1) is 0 Å². The van der Waals surface area contributed by atoms with Crippen molar-refractivity contribution >= 4 is 55.0 Å². The molecule has 2 amide bonds. The first-order valence-electron chi connectivity index (χ1n) is 18.6. The lowest BCUT2D eigenvalue weighted by atomic mass is 9.99. The molecule has 0 aliphatic rings. The maximum absolute atomic E-state index is 13.5. The predicted molar refractivity (Wildman–Crippen MR) is 222 cm³/mol. The zero-order valence-corrected chi connectivity index (χ0v) is 35.9. The molecule has 55 heavy (non-hydrogen) atoms. The zero-order valence-electron chi connectivity index (χ0n) is 34.1. The van der Waals surface area contributed by atoms with Crippen LogP contribution in [0.15, 0.2) is 72.8 Å². The summed E-state index contributed by atoms with van der Waals surface area (Å²) in [4.78, 5) is 64.7. The van der Waals surface area contributed by atoms with Gasteiger partial charge in [-0.3, -0.25) is 14.4 Å². The van der Waals surface area contributed by atoms with E-state index >= 15 is 0 Å². The number of rotatable bonds is 20. The maximum Gasteiger partial charge on any atom is 0.407 e. The Morgan fingerprint density at radius 1 is 0.927 bits per heavy atom. The highest BCUT2D eigenvalue weighted by Gasteiger charge is 2.35. The summed E-state index contributed by atoms with van der Waals surface area (Å²) in [6, 6.07) is 16.8. The summed E-state index contributed by atoms with van der Waals surface area (Å²) >= 11 is 0.832. The van der Waals surface area contributed by atoms with Gasteiger partial charge >= 0.3 is 18.0 Å². The summed E-state index contributed by atoms with van der Waals surface area (Å²) in [7, 11) is 0.120. The lowest BCUT2D eigenvalue weighted by molar-refractivity contribution is -0.152. The molecular formula is C42H60N2O9SSi. The second kappa shape index (κ2) is 22.3. The number of carbonyl (C=O) groups is 5. The van der Waals surface area contributed by atoms with Gasteiger partial charge in [0.2, 0.25) is 5.91 Å².